The van der Waals surface area contributed by atoms with Gasteiger partial charge in [-0.1, -0.05) is 32.0 Å². The Morgan fingerprint density at radius 1 is 1.28 bits per heavy atom. The van der Waals surface area contributed by atoms with Crippen LogP contribution in [0.15, 0.2) is 24.3 Å². The predicted octanol–water partition coefficient (Wildman–Crippen LogP) is 2.34. The number of amides is 1. The fourth-order valence-corrected chi connectivity index (χ4v) is 2.14. The predicted molar refractivity (Wildman–Crippen MR) is 70.7 cm³/mol. The van der Waals surface area contributed by atoms with Gasteiger partial charge in [-0.2, -0.15) is 0 Å². The van der Waals surface area contributed by atoms with Gasteiger partial charge in [-0.15, -0.1) is 0 Å². The second-order valence-corrected chi connectivity index (χ2v) is 4.42. The van der Waals surface area contributed by atoms with Crippen LogP contribution < -0.4 is 4.74 Å². The summed E-state index contributed by atoms with van der Waals surface area (Å²) in [5.41, 5.74) is 1.08. The Bertz CT molecular complexity index is 416. The van der Waals surface area contributed by atoms with Crippen molar-refractivity contribution in [1.29, 1.82) is 0 Å². The number of ether oxygens (including phenoxy) is 1. The van der Waals surface area contributed by atoms with E-state index in [4.69, 9.17) is 4.74 Å². The van der Waals surface area contributed by atoms with E-state index in [1.807, 2.05) is 24.3 Å². The molecule has 0 atom stereocenters. The summed E-state index contributed by atoms with van der Waals surface area (Å²) in [5.74, 6) is 0.696. The maximum Gasteiger partial charge on any atom is 0.415 e. The molecule has 4 nitrogen and oxygen atoms in total. The van der Waals surface area contributed by atoms with Crippen molar-refractivity contribution >= 4 is 6.09 Å². The molecule has 1 aromatic rings. The molecule has 0 saturated carbocycles. The van der Waals surface area contributed by atoms with Crippen molar-refractivity contribution in [2.75, 3.05) is 26.2 Å². The Balaban J connectivity index is 1.97. The molecule has 0 fully saturated rings. The number of hydrogen-bond donors (Lipinski definition) is 0. The third-order valence-electron chi connectivity index (χ3n) is 3.37. The highest BCUT2D eigenvalue weighted by Gasteiger charge is 2.24. The summed E-state index contributed by atoms with van der Waals surface area (Å²) in [5, 5.41) is 0. The zero-order valence-electron chi connectivity index (χ0n) is 11.1. The third kappa shape index (κ3) is 2.82. The molecule has 1 heterocycles. The summed E-state index contributed by atoms with van der Waals surface area (Å²) < 4.78 is 5.31. The van der Waals surface area contributed by atoms with Crippen molar-refractivity contribution in [3.8, 4) is 5.75 Å². The lowest BCUT2D eigenvalue weighted by atomic mass is 10.1. The summed E-state index contributed by atoms with van der Waals surface area (Å²) in [6.07, 6.45) is -0.235. The summed E-state index contributed by atoms with van der Waals surface area (Å²) in [7, 11) is 0. The number of fused-ring (bicyclic) bond motifs is 1. The Hall–Kier alpha value is -1.55. The van der Waals surface area contributed by atoms with Gasteiger partial charge >= 0.3 is 6.09 Å². The van der Waals surface area contributed by atoms with Crippen molar-refractivity contribution < 1.29 is 9.53 Å². The zero-order valence-corrected chi connectivity index (χ0v) is 11.1. The molecule has 0 spiro atoms. The van der Waals surface area contributed by atoms with Gasteiger partial charge in [0.25, 0.3) is 0 Å². The normalized spacial score (nSPS) is 14.6. The molecule has 1 aromatic carbocycles. The molecule has 2 rings (SSSR count). The van der Waals surface area contributed by atoms with E-state index in [1.54, 1.807) is 4.90 Å². The van der Waals surface area contributed by atoms with Crippen LogP contribution in [-0.4, -0.2) is 42.1 Å². The monoisotopic (exact) mass is 248 g/mol. The van der Waals surface area contributed by atoms with Gasteiger partial charge in [-0.3, -0.25) is 0 Å². The van der Waals surface area contributed by atoms with Gasteiger partial charge in [0.1, 0.15) is 5.75 Å². The molecule has 0 radical (unpaired) electrons. The standard InChI is InChI=1S/C14H20N2O2/c1-3-15(4-2)9-10-16-11-12-7-5-6-8-13(12)18-14(16)17/h5-8H,3-4,9-11H2,1-2H3. The second-order valence-electron chi connectivity index (χ2n) is 4.42. The molecule has 0 bridgehead atoms. The van der Waals surface area contributed by atoms with Gasteiger partial charge in [0.05, 0.1) is 6.54 Å². The highest BCUT2D eigenvalue weighted by molar-refractivity contribution is 5.73. The number of benzene rings is 1. The van der Waals surface area contributed by atoms with Crippen LogP contribution >= 0.6 is 0 Å². The minimum Gasteiger partial charge on any atom is -0.410 e. The van der Waals surface area contributed by atoms with E-state index in [-0.39, 0.29) is 6.09 Å². The van der Waals surface area contributed by atoms with Crippen molar-refractivity contribution in [3.63, 3.8) is 0 Å². The minimum absolute atomic E-state index is 0.235. The lowest BCUT2D eigenvalue weighted by Gasteiger charge is -2.29. The van der Waals surface area contributed by atoms with Gasteiger partial charge < -0.3 is 14.5 Å². The van der Waals surface area contributed by atoms with Crippen LogP contribution in [0.3, 0.4) is 0 Å². The first kappa shape index (κ1) is 12.9. The molecule has 1 aliphatic heterocycles. The number of carbonyl (C=O) groups is 1. The van der Waals surface area contributed by atoms with Crippen LogP contribution in [0.25, 0.3) is 0 Å². The topological polar surface area (TPSA) is 32.8 Å². The average molecular weight is 248 g/mol. The molecular weight excluding hydrogens is 228 g/mol. The van der Waals surface area contributed by atoms with Crippen molar-refractivity contribution in [1.82, 2.24) is 9.80 Å². The summed E-state index contributed by atoms with van der Waals surface area (Å²) >= 11 is 0. The van der Waals surface area contributed by atoms with Crippen LogP contribution in [0.4, 0.5) is 4.79 Å². The summed E-state index contributed by atoms with van der Waals surface area (Å²) in [6.45, 7) is 8.54. The third-order valence-corrected chi connectivity index (χ3v) is 3.37. The number of carbonyl (C=O) groups excluding carboxylic acids is 1. The quantitative estimate of drug-likeness (QED) is 0.802. The number of para-hydroxylation sites is 1. The average Bonchev–Trinajstić information content (AvgIpc) is 2.40. The molecule has 0 aromatic heterocycles. The first-order valence-corrected chi connectivity index (χ1v) is 6.51. The highest BCUT2D eigenvalue weighted by atomic mass is 16.6. The first-order valence-electron chi connectivity index (χ1n) is 6.51. The van der Waals surface area contributed by atoms with Crippen molar-refractivity contribution in [2.24, 2.45) is 0 Å². The number of nitrogens with zero attached hydrogens (tertiary/aromatic N) is 2. The number of rotatable bonds is 5. The van der Waals surface area contributed by atoms with Crippen molar-refractivity contribution in [2.45, 2.75) is 20.4 Å². The van der Waals surface area contributed by atoms with E-state index in [1.165, 1.54) is 0 Å². The SMILES string of the molecule is CCN(CC)CCN1Cc2ccccc2OC1=O. The zero-order chi connectivity index (χ0) is 13.0. The maximum atomic E-state index is 11.8. The molecule has 1 amide bonds. The molecule has 98 valence electrons. The van der Waals surface area contributed by atoms with E-state index in [2.05, 4.69) is 18.7 Å². The molecule has 1 aliphatic rings. The Kier molecular flexibility index (Phi) is 4.20. The Morgan fingerprint density at radius 3 is 2.72 bits per heavy atom. The van der Waals surface area contributed by atoms with Crippen LogP contribution in [0, 0.1) is 0 Å². The molecule has 4 heteroatoms. The van der Waals surface area contributed by atoms with Crippen LogP contribution in [-0.2, 0) is 6.54 Å². The van der Waals surface area contributed by atoms with Gasteiger partial charge in [0, 0.05) is 18.7 Å². The fraction of sp³-hybridized carbons (Fsp3) is 0.500. The lowest BCUT2D eigenvalue weighted by molar-refractivity contribution is 0.130. The van der Waals surface area contributed by atoms with Gasteiger partial charge in [-0.25, -0.2) is 4.79 Å². The first-order chi connectivity index (χ1) is 8.74. The maximum absolute atomic E-state index is 11.8. The van der Waals surface area contributed by atoms with Crippen LogP contribution in [0.2, 0.25) is 0 Å². The fourth-order valence-electron chi connectivity index (χ4n) is 2.14. The minimum atomic E-state index is -0.235. The van der Waals surface area contributed by atoms with Gasteiger partial charge in [0.15, 0.2) is 0 Å². The van der Waals surface area contributed by atoms with Crippen molar-refractivity contribution in [3.05, 3.63) is 29.8 Å². The van der Waals surface area contributed by atoms with E-state index in [9.17, 15) is 4.79 Å². The number of hydrogen-bond acceptors (Lipinski definition) is 3. The van der Waals surface area contributed by atoms with Crippen LogP contribution in [0.1, 0.15) is 19.4 Å². The molecular formula is C14H20N2O2. The summed E-state index contributed by atoms with van der Waals surface area (Å²) in [4.78, 5) is 15.9. The molecule has 0 unspecified atom stereocenters. The number of likely N-dealkylation sites (N-methyl/N-ethyl adjacent to an activating group) is 1. The van der Waals surface area contributed by atoms with Gasteiger partial charge in [0.2, 0.25) is 0 Å². The largest absolute Gasteiger partial charge is 0.415 e. The van der Waals surface area contributed by atoms with Gasteiger partial charge in [-0.05, 0) is 19.2 Å². The Morgan fingerprint density at radius 2 is 2.00 bits per heavy atom. The summed E-state index contributed by atoms with van der Waals surface area (Å²) in [6, 6.07) is 7.71. The molecule has 0 N–H and O–H groups in total. The molecule has 0 aliphatic carbocycles. The smallest absolute Gasteiger partial charge is 0.410 e. The van der Waals surface area contributed by atoms with Crippen LogP contribution in [0.5, 0.6) is 5.75 Å². The second kappa shape index (κ2) is 5.87. The van der Waals surface area contributed by atoms with E-state index in [0.717, 1.165) is 31.7 Å². The van der Waals surface area contributed by atoms with E-state index >= 15 is 0 Å². The highest BCUT2D eigenvalue weighted by Crippen LogP contribution is 2.25. The lowest BCUT2D eigenvalue weighted by Crippen LogP contribution is -2.42. The van der Waals surface area contributed by atoms with E-state index < -0.39 is 0 Å². The Labute approximate surface area is 108 Å². The molecule has 18 heavy (non-hydrogen) atoms. The molecule has 0 saturated heterocycles. The van der Waals surface area contributed by atoms with E-state index in [0.29, 0.717) is 12.3 Å².